The van der Waals surface area contributed by atoms with E-state index in [1.165, 1.54) is 0 Å². The molecule has 1 atom stereocenters. The van der Waals surface area contributed by atoms with Gasteiger partial charge in [0.25, 0.3) is 11.8 Å². The fourth-order valence-electron chi connectivity index (χ4n) is 3.96. The highest BCUT2D eigenvalue weighted by molar-refractivity contribution is 6.06. The van der Waals surface area contributed by atoms with Crippen molar-refractivity contribution < 1.29 is 14.4 Å². The third-order valence-corrected chi connectivity index (χ3v) is 6.07. The van der Waals surface area contributed by atoms with Crippen molar-refractivity contribution in [3.8, 4) is 0 Å². The molecule has 0 aliphatic heterocycles. The molecular weight excluding hydrogens is 476 g/mol. The van der Waals surface area contributed by atoms with Crippen molar-refractivity contribution in [3.05, 3.63) is 126 Å². The van der Waals surface area contributed by atoms with Crippen LogP contribution in [0.2, 0.25) is 0 Å². The van der Waals surface area contributed by atoms with Gasteiger partial charge < -0.3 is 20.9 Å². The molecule has 0 radical (unpaired) electrons. The van der Waals surface area contributed by atoms with Crippen LogP contribution in [-0.2, 0) is 4.79 Å². The maximum Gasteiger partial charge on any atom is 0.258 e. The van der Waals surface area contributed by atoms with E-state index in [-0.39, 0.29) is 30.3 Å². The maximum atomic E-state index is 12.9. The summed E-state index contributed by atoms with van der Waals surface area (Å²) in [5, 5.41) is 8.86. The van der Waals surface area contributed by atoms with Gasteiger partial charge in [0.2, 0.25) is 5.91 Å². The fraction of sp³-hybridized carbons (Fsp3) is 0.129. The molecule has 3 N–H and O–H groups in total. The molecule has 4 aromatic carbocycles. The van der Waals surface area contributed by atoms with E-state index in [1.807, 2.05) is 67.6 Å². The Balaban J connectivity index is 1.32. The van der Waals surface area contributed by atoms with Crippen molar-refractivity contribution >= 4 is 34.8 Å². The van der Waals surface area contributed by atoms with Crippen molar-refractivity contribution in [2.24, 2.45) is 0 Å². The maximum absolute atomic E-state index is 12.9. The lowest BCUT2D eigenvalue weighted by Crippen LogP contribution is -2.27. The van der Waals surface area contributed by atoms with Crippen molar-refractivity contribution in [2.75, 3.05) is 29.1 Å². The number of hydrogen-bond acceptors (Lipinski definition) is 4. The van der Waals surface area contributed by atoms with E-state index in [4.69, 9.17) is 0 Å². The zero-order valence-corrected chi connectivity index (χ0v) is 21.3. The minimum Gasteiger partial charge on any atom is -0.376 e. The third-order valence-electron chi connectivity index (χ3n) is 6.07. The lowest BCUT2D eigenvalue weighted by atomic mass is 10.1. The van der Waals surface area contributed by atoms with Gasteiger partial charge >= 0.3 is 0 Å². The Morgan fingerprint density at radius 1 is 0.737 bits per heavy atom. The first-order valence-electron chi connectivity index (χ1n) is 12.3. The van der Waals surface area contributed by atoms with Gasteiger partial charge in [-0.3, -0.25) is 14.4 Å². The van der Waals surface area contributed by atoms with Crippen LogP contribution in [0.4, 0.5) is 17.1 Å². The Bertz CT molecular complexity index is 1410. The molecule has 38 heavy (non-hydrogen) atoms. The van der Waals surface area contributed by atoms with Crippen molar-refractivity contribution in [2.45, 2.75) is 13.0 Å². The van der Waals surface area contributed by atoms with Gasteiger partial charge in [-0.15, -0.1) is 0 Å². The SMILES string of the molecule is CC(NC(=O)c1cccc(NCC(=O)Nc2cccc(C(=O)N(C)c3ccccc3)c2)c1)c1ccccc1. The first-order valence-corrected chi connectivity index (χ1v) is 12.3. The highest BCUT2D eigenvalue weighted by Gasteiger charge is 2.15. The number of nitrogens with one attached hydrogen (secondary N) is 3. The second kappa shape index (κ2) is 12.4. The highest BCUT2D eigenvalue weighted by Crippen LogP contribution is 2.18. The zero-order valence-electron chi connectivity index (χ0n) is 21.3. The summed E-state index contributed by atoms with van der Waals surface area (Å²) in [6.45, 7) is 1.93. The summed E-state index contributed by atoms with van der Waals surface area (Å²) >= 11 is 0. The monoisotopic (exact) mass is 506 g/mol. The molecule has 0 saturated carbocycles. The van der Waals surface area contributed by atoms with Gasteiger partial charge in [0.1, 0.15) is 0 Å². The molecule has 192 valence electrons. The number of rotatable bonds is 9. The van der Waals surface area contributed by atoms with Gasteiger partial charge in [-0.05, 0) is 61.0 Å². The van der Waals surface area contributed by atoms with Gasteiger partial charge in [0.15, 0.2) is 0 Å². The van der Waals surface area contributed by atoms with Gasteiger partial charge in [-0.25, -0.2) is 0 Å². The quantitative estimate of drug-likeness (QED) is 0.279. The third kappa shape index (κ3) is 6.85. The van der Waals surface area contributed by atoms with E-state index < -0.39 is 0 Å². The Morgan fingerprint density at radius 3 is 2.05 bits per heavy atom. The smallest absolute Gasteiger partial charge is 0.258 e. The van der Waals surface area contributed by atoms with Crippen LogP contribution in [0.3, 0.4) is 0 Å². The lowest BCUT2D eigenvalue weighted by Gasteiger charge is -2.18. The summed E-state index contributed by atoms with van der Waals surface area (Å²) in [5.41, 5.74) is 3.92. The topological polar surface area (TPSA) is 90.5 Å². The van der Waals surface area contributed by atoms with Gasteiger partial charge in [-0.2, -0.15) is 0 Å². The van der Waals surface area contributed by atoms with E-state index in [9.17, 15) is 14.4 Å². The first kappa shape index (κ1) is 26.2. The van der Waals surface area contributed by atoms with Crippen LogP contribution in [0.5, 0.6) is 0 Å². The summed E-state index contributed by atoms with van der Waals surface area (Å²) in [6, 6.07) is 32.8. The first-order chi connectivity index (χ1) is 18.4. The van der Waals surface area contributed by atoms with E-state index in [0.717, 1.165) is 11.3 Å². The minimum atomic E-state index is -0.279. The average Bonchev–Trinajstić information content (AvgIpc) is 2.96. The number of hydrogen-bond donors (Lipinski definition) is 3. The molecule has 4 rings (SSSR count). The van der Waals surface area contributed by atoms with Crippen LogP contribution in [0.15, 0.2) is 109 Å². The number of amides is 3. The zero-order chi connectivity index (χ0) is 26.9. The lowest BCUT2D eigenvalue weighted by molar-refractivity contribution is -0.114. The predicted molar refractivity (Wildman–Crippen MR) is 152 cm³/mol. The van der Waals surface area contributed by atoms with Crippen molar-refractivity contribution in [3.63, 3.8) is 0 Å². The predicted octanol–water partition coefficient (Wildman–Crippen LogP) is 5.50. The molecule has 0 aromatic heterocycles. The number of carbonyl (C=O) groups excluding carboxylic acids is 3. The molecule has 1 unspecified atom stereocenters. The molecule has 0 heterocycles. The summed E-state index contributed by atoms with van der Waals surface area (Å²) < 4.78 is 0. The summed E-state index contributed by atoms with van der Waals surface area (Å²) in [7, 11) is 1.71. The molecule has 0 bridgehead atoms. The molecule has 0 aliphatic carbocycles. The van der Waals surface area contributed by atoms with E-state index >= 15 is 0 Å². The molecule has 0 spiro atoms. The van der Waals surface area contributed by atoms with E-state index in [1.54, 1.807) is 60.5 Å². The van der Waals surface area contributed by atoms with Crippen LogP contribution in [0, 0.1) is 0 Å². The molecule has 0 saturated heterocycles. The van der Waals surface area contributed by atoms with Crippen LogP contribution in [-0.4, -0.2) is 31.3 Å². The van der Waals surface area contributed by atoms with E-state index in [2.05, 4.69) is 16.0 Å². The van der Waals surface area contributed by atoms with Gasteiger partial charge in [-0.1, -0.05) is 60.7 Å². The number of nitrogens with zero attached hydrogens (tertiary/aromatic N) is 1. The number of anilines is 3. The van der Waals surface area contributed by atoms with Crippen molar-refractivity contribution in [1.29, 1.82) is 0 Å². The molecule has 0 fully saturated rings. The molecule has 3 amide bonds. The normalized spacial score (nSPS) is 11.2. The fourth-order valence-corrected chi connectivity index (χ4v) is 3.96. The minimum absolute atomic E-state index is 0.00637. The Labute approximate surface area is 222 Å². The van der Waals surface area contributed by atoms with Crippen LogP contribution < -0.4 is 20.9 Å². The molecule has 0 aliphatic rings. The second-order valence-corrected chi connectivity index (χ2v) is 8.87. The Morgan fingerprint density at radius 2 is 1.34 bits per heavy atom. The molecule has 7 nitrogen and oxygen atoms in total. The van der Waals surface area contributed by atoms with Crippen LogP contribution in [0.1, 0.15) is 39.2 Å². The molecule has 7 heteroatoms. The second-order valence-electron chi connectivity index (χ2n) is 8.87. The average molecular weight is 507 g/mol. The highest BCUT2D eigenvalue weighted by atomic mass is 16.2. The summed E-state index contributed by atoms with van der Waals surface area (Å²) in [6.07, 6.45) is 0. The standard InChI is InChI=1S/C31H30N4O3/c1-22(23-11-5-3-6-12-23)33-30(37)24-13-9-15-26(19-24)32-21-29(36)34-27-16-10-14-25(20-27)31(38)35(2)28-17-7-4-8-18-28/h3-20,22,32H,21H2,1-2H3,(H,33,37)(H,34,36). The number of carbonyl (C=O) groups is 3. The summed E-state index contributed by atoms with van der Waals surface area (Å²) in [5.74, 6) is -0.655. The molecule has 4 aromatic rings. The Kier molecular flexibility index (Phi) is 8.51. The van der Waals surface area contributed by atoms with Gasteiger partial charge in [0.05, 0.1) is 12.6 Å². The Hall–Kier alpha value is -4.91. The van der Waals surface area contributed by atoms with Gasteiger partial charge in [0, 0.05) is 35.2 Å². The van der Waals surface area contributed by atoms with Crippen molar-refractivity contribution in [1.82, 2.24) is 5.32 Å². The van der Waals surface area contributed by atoms with Crippen LogP contribution >= 0.6 is 0 Å². The van der Waals surface area contributed by atoms with E-state index in [0.29, 0.717) is 22.5 Å². The largest absolute Gasteiger partial charge is 0.376 e. The number of para-hydroxylation sites is 1. The molecular formula is C31H30N4O3. The number of benzene rings is 4. The summed E-state index contributed by atoms with van der Waals surface area (Å²) in [4.78, 5) is 39.8. The van der Waals surface area contributed by atoms with Crippen LogP contribution in [0.25, 0.3) is 0 Å².